The van der Waals surface area contributed by atoms with E-state index in [2.05, 4.69) is 28.2 Å². The summed E-state index contributed by atoms with van der Waals surface area (Å²) in [5.41, 5.74) is 2.29. The maximum absolute atomic E-state index is 6.19. The van der Waals surface area contributed by atoms with Crippen LogP contribution in [0.2, 0.25) is 10.0 Å². The van der Waals surface area contributed by atoms with Gasteiger partial charge >= 0.3 is 0 Å². The molecule has 2 aromatic carbocycles. The first kappa shape index (κ1) is 14.9. The fourth-order valence-corrected chi connectivity index (χ4v) is 2.66. The van der Waals surface area contributed by atoms with Gasteiger partial charge < -0.3 is 5.32 Å². The van der Waals surface area contributed by atoms with Gasteiger partial charge in [-0.05, 0) is 42.3 Å². The Hall–Kier alpha value is -0.540. The Bertz CT molecular complexity index is 555. The van der Waals surface area contributed by atoms with Crippen LogP contribution in [-0.4, -0.2) is 0 Å². The predicted molar refractivity (Wildman–Crippen MR) is 85.9 cm³/mol. The zero-order valence-electron chi connectivity index (χ0n) is 10.5. The average Bonchev–Trinajstić information content (AvgIpc) is 2.38. The molecule has 2 rings (SSSR count). The Morgan fingerprint density at radius 3 is 2.42 bits per heavy atom. The van der Waals surface area contributed by atoms with E-state index in [1.807, 2.05) is 42.5 Å². The molecule has 0 bridgehead atoms. The molecule has 19 heavy (non-hydrogen) atoms. The summed E-state index contributed by atoms with van der Waals surface area (Å²) in [6, 6.07) is 14.0. The van der Waals surface area contributed by atoms with Gasteiger partial charge in [0.1, 0.15) is 0 Å². The minimum absolute atomic E-state index is 0.247. The van der Waals surface area contributed by atoms with Gasteiger partial charge in [-0.15, -0.1) is 0 Å². The maximum atomic E-state index is 6.19. The van der Waals surface area contributed by atoms with E-state index < -0.39 is 0 Å². The van der Waals surface area contributed by atoms with Gasteiger partial charge in [-0.25, -0.2) is 0 Å². The zero-order chi connectivity index (χ0) is 13.8. The summed E-state index contributed by atoms with van der Waals surface area (Å²) < 4.78 is 0.993. The molecule has 0 heterocycles. The van der Waals surface area contributed by atoms with Crippen LogP contribution in [0.1, 0.15) is 24.1 Å². The topological polar surface area (TPSA) is 12.0 Å². The normalized spacial score (nSPS) is 12.4. The van der Waals surface area contributed by atoms with Crippen LogP contribution in [0.5, 0.6) is 0 Å². The van der Waals surface area contributed by atoms with E-state index in [0.29, 0.717) is 0 Å². The van der Waals surface area contributed by atoms with Gasteiger partial charge in [-0.3, -0.25) is 0 Å². The van der Waals surface area contributed by atoms with Crippen molar-refractivity contribution in [2.45, 2.75) is 19.5 Å². The second kappa shape index (κ2) is 6.76. The van der Waals surface area contributed by atoms with E-state index >= 15 is 0 Å². The highest BCUT2D eigenvalue weighted by Crippen LogP contribution is 2.22. The maximum Gasteiger partial charge on any atom is 0.0462 e. The van der Waals surface area contributed by atoms with E-state index in [1.165, 1.54) is 5.56 Å². The lowest BCUT2D eigenvalue weighted by atomic mass is 10.1. The highest BCUT2D eigenvalue weighted by molar-refractivity contribution is 9.10. The Kier molecular flexibility index (Phi) is 5.28. The number of rotatable bonds is 4. The highest BCUT2D eigenvalue weighted by Gasteiger charge is 2.06. The number of nitrogens with one attached hydrogen (secondary N) is 1. The van der Waals surface area contributed by atoms with Crippen molar-refractivity contribution in [3.8, 4) is 0 Å². The SMILES string of the molecule is CC(NCc1ccc(Br)cc1Cl)c1ccc(Cl)cc1. The molecule has 1 unspecified atom stereocenters. The van der Waals surface area contributed by atoms with Crippen molar-refractivity contribution in [3.63, 3.8) is 0 Å². The summed E-state index contributed by atoms with van der Waals surface area (Å²) in [6.45, 7) is 2.85. The van der Waals surface area contributed by atoms with Crippen molar-refractivity contribution in [1.29, 1.82) is 0 Å². The van der Waals surface area contributed by atoms with Crippen LogP contribution in [-0.2, 0) is 6.54 Å². The third-order valence-electron chi connectivity index (χ3n) is 2.98. The van der Waals surface area contributed by atoms with Crippen molar-refractivity contribution in [1.82, 2.24) is 5.32 Å². The van der Waals surface area contributed by atoms with Gasteiger partial charge in [-0.2, -0.15) is 0 Å². The van der Waals surface area contributed by atoms with Crippen LogP contribution >= 0.6 is 39.1 Å². The van der Waals surface area contributed by atoms with Gasteiger partial charge in [0.2, 0.25) is 0 Å². The zero-order valence-corrected chi connectivity index (χ0v) is 13.6. The molecule has 0 aliphatic heterocycles. The van der Waals surface area contributed by atoms with Crippen molar-refractivity contribution in [2.75, 3.05) is 0 Å². The quantitative estimate of drug-likeness (QED) is 0.749. The Balaban J connectivity index is 2.00. The van der Waals surface area contributed by atoms with Crippen molar-refractivity contribution in [3.05, 3.63) is 68.1 Å². The number of hydrogen-bond donors (Lipinski definition) is 1. The average molecular weight is 359 g/mol. The molecule has 0 fully saturated rings. The Labute approximate surface area is 132 Å². The molecule has 0 aromatic heterocycles. The lowest BCUT2D eigenvalue weighted by Gasteiger charge is -2.15. The summed E-state index contributed by atoms with van der Waals surface area (Å²) in [5.74, 6) is 0. The van der Waals surface area contributed by atoms with Crippen molar-refractivity contribution >= 4 is 39.1 Å². The number of hydrogen-bond acceptors (Lipinski definition) is 1. The minimum Gasteiger partial charge on any atom is -0.306 e. The smallest absolute Gasteiger partial charge is 0.0462 e. The fourth-order valence-electron chi connectivity index (χ4n) is 1.80. The van der Waals surface area contributed by atoms with Crippen molar-refractivity contribution in [2.24, 2.45) is 0 Å². The molecule has 4 heteroatoms. The van der Waals surface area contributed by atoms with Crippen LogP contribution < -0.4 is 5.32 Å². The summed E-state index contributed by atoms with van der Waals surface area (Å²) >= 11 is 15.5. The molecule has 1 nitrogen and oxygen atoms in total. The summed E-state index contributed by atoms with van der Waals surface area (Å²) in [4.78, 5) is 0. The molecule has 100 valence electrons. The van der Waals surface area contributed by atoms with E-state index in [0.717, 1.165) is 26.6 Å². The van der Waals surface area contributed by atoms with E-state index in [-0.39, 0.29) is 6.04 Å². The lowest BCUT2D eigenvalue weighted by molar-refractivity contribution is 0.575. The van der Waals surface area contributed by atoms with Gasteiger partial charge in [0.15, 0.2) is 0 Å². The highest BCUT2D eigenvalue weighted by atomic mass is 79.9. The Morgan fingerprint density at radius 1 is 1.11 bits per heavy atom. The molecular weight excluding hydrogens is 345 g/mol. The molecule has 0 radical (unpaired) electrons. The minimum atomic E-state index is 0.247. The van der Waals surface area contributed by atoms with Crippen LogP contribution in [0.3, 0.4) is 0 Å². The molecule has 0 spiro atoms. The van der Waals surface area contributed by atoms with Crippen LogP contribution in [0.15, 0.2) is 46.9 Å². The largest absolute Gasteiger partial charge is 0.306 e. The molecule has 0 aliphatic carbocycles. The van der Waals surface area contributed by atoms with Crippen LogP contribution in [0, 0.1) is 0 Å². The third kappa shape index (κ3) is 4.22. The molecule has 0 amide bonds. The van der Waals surface area contributed by atoms with Crippen molar-refractivity contribution < 1.29 is 0 Å². The van der Waals surface area contributed by atoms with Crippen LogP contribution in [0.25, 0.3) is 0 Å². The number of halogens is 3. The molecule has 0 saturated heterocycles. The Morgan fingerprint density at radius 2 is 1.79 bits per heavy atom. The summed E-state index contributed by atoms with van der Waals surface area (Å²) in [5, 5.41) is 4.98. The first-order chi connectivity index (χ1) is 9.06. The van der Waals surface area contributed by atoms with E-state index in [9.17, 15) is 0 Å². The second-order valence-electron chi connectivity index (χ2n) is 4.39. The summed E-state index contributed by atoms with van der Waals surface area (Å²) in [7, 11) is 0. The first-order valence-electron chi connectivity index (χ1n) is 5.99. The second-order valence-corrected chi connectivity index (χ2v) is 6.15. The van der Waals surface area contributed by atoms with Gasteiger partial charge in [0.05, 0.1) is 0 Å². The van der Waals surface area contributed by atoms with Gasteiger partial charge in [0.25, 0.3) is 0 Å². The molecule has 0 saturated carbocycles. The first-order valence-corrected chi connectivity index (χ1v) is 7.54. The number of benzene rings is 2. The standard InChI is InChI=1S/C15H14BrCl2N/c1-10(11-3-6-14(17)7-4-11)19-9-12-2-5-13(16)8-15(12)18/h2-8,10,19H,9H2,1H3. The molecule has 0 aliphatic rings. The predicted octanol–water partition coefficient (Wildman–Crippen LogP) is 5.61. The monoisotopic (exact) mass is 357 g/mol. The van der Waals surface area contributed by atoms with Gasteiger partial charge in [-0.1, -0.05) is 57.3 Å². The van der Waals surface area contributed by atoms with E-state index in [4.69, 9.17) is 23.2 Å². The molecule has 2 aromatic rings. The van der Waals surface area contributed by atoms with Crippen LogP contribution in [0.4, 0.5) is 0 Å². The van der Waals surface area contributed by atoms with E-state index in [1.54, 1.807) is 0 Å². The molecular formula is C15H14BrCl2N. The molecule has 1 atom stereocenters. The fraction of sp³-hybridized carbons (Fsp3) is 0.200. The third-order valence-corrected chi connectivity index (χ3v) is 4.08. The summed E-state index contributed by atoms with van der Waals surface area (Å²) in [6.07, 6.45) is 0. The van der Waals surface area contributed by atoms with Gasteiger partial charge in [0, 0.05) is 27.1 Å². The molecule has 1 N–H and O–H groups in total. The lowest BCUT2D eigenvalue weighted by Crippen LogP contribution is -2.18.